The highest BCUT2D eigenvalue weighted by Crippen LogP contribution is 2.31. The molecular formula is C17H23NO5. The van der Waals surface area contributed by atoms with E-state index in [2.05, 4.69) is 5.32 Å². The van der Waals surface area contributed by atoms with Crippen molar-refractivity contribution in [3.63, 3.8) is 0 Å². The number of hydrogen-bond donors (Lipinski definition) is 1. The third kappa shape index (κ3) is 4.87. The van der Waals surface area contributed by atoms with E-state index in [1.807, 2.05) is 24.3 Å². The van der Waals surface area contributed by atoms with Gasteiger partial charge >= 0.3 is 12.1 Å². The largest absolute Gasteiger partial charge is 0.497 e. The minimum Gasteiger partial charge on any atom is -0.497 e. The van der Waals surface area contributed by atoms with Gasteiger partial charge in [-0.2, -0.15) is 0 Å². The van der Waals surface area contributed by atoms with E-state index < -0.39 is 11.7 Å². The first-order valence-electron chi connectivity index (χ1n) is 7.60. The van der Waals surface area contributed by atoms with E-state index in [9.17, 15) is 9.59 Å². The van der Waals surface area contributed by atoms with Gasteiger partial charge in [0.25, 0.3) is 0 Å². The second kappa shape index (κ2) is 6.89. The molecule has 126 valence electrons. The van der Waals surface area contributed by atoms with E-state index in [0.717, 1.165) is 11.3 Å². The SMILES string of the molecule is COc1ccc([C@H]2C[C@@H](CNC(=O)OC(C)(C)C)OC2=O)cc1. The van der Waals surface area contributed by atoms with Gasteiger partial charge in [0.2, 0.25) is 0 Å². The van der Waals surface area contributed by atoms with Crippen LogP contribution in [0.5, 0.6) is 5.75 Å². The summed E-state index contributed by atoms with van der Waals surface area (Å²) < 4.78 is 15.6. The zero-order valence-electron chi connectivity index (χ0n) is 13.9. The number of amides is 1. The van der Waals surface area contributed by atoms with Crippen molar-refractivity contribution in [1.82, 2.24) is 5.32 Å². The number of methoxy groups -OCH3 is 1. The van der Waals surface area contributed by atoms with Gasteiger partial charge in [0.05, 0.1) is 19.6 Å². The number of nitrogens with one attached hydrogen (secondary N) is 1. The highest BCUT2D eigenvalue weighted by Gasteiger charge is 2.35. The molecule has 1 aliphatic heterocycles. The summed E-state index contributed by atoms with van der Waals surface area (Å²) in [5, 5.41) is 2.63. The summed E-state index contributed by atoms with van der Waals surface area (Å²) in [6, 6.07) is 7.34. The second-order valence-electron chi connectivity index (χ2n) is 6.50. The molecule has 1 aromatic rings. The van der Waals surface area contributed by atoms with Crippen LogP contribution >= 0.6 is 0 Å². The zero-order valence-corrected chi connectivity index (χ0v) is 13.9. The molecule has 0 radical (unpaired) electrons. The molecule has 1 fully saturated rings. The average molecular weight is 321 g/mol. The first kappa shape index (κ1) is 17.1. The van der Waals surface area contributed by atoms with Gasteiger partial charge in [-0.1, -0.05) is 12.1 Å². The van der Waals surface area contributed by atoms with Crippen LogP contribution in [0.3, 0.4) is 0 Å². The van der Waals surface area contributed by atoms with E-state index in [4.69, 9.17) is 14.2 Å². The minimum atomic E-state index is -0.554. The Kier molecular flexibility index (Phi) is 5.13. The van der Waals surface area contributed by atoms with Crippen molar-refractivity contribution in [1.29, 1.82) is 0 Å². The van der Waals surface area contributed by atoms with Crippen LogP contribution in [0.15, 0.2) is 24.3 Å². The monoisotopic (exact) mass is 321 g/mol. The van der Waals surface area contributed by atoms with Crippen molar-refractivity contribution in [2.24, 2.45) is 0 Å². The minimum absolute atomic E-state index is 0.243. The first-order valence-corrected chi connectivity index (χ1v) is 7.60. The Bertz CT molecular complexity index is 561. The molecule has 6 heteroatoms. The quantitative estimate of drug-likeness (QED) is 0.863. The number of esters is 1. The molecular weight excluding hydrogens is 298 g/mol. The van der Waals surface area contributed by atoms with Gasteiger partial charge < -0.3 is 19.5 Å². The lowest BCUT2D eigenvalue weighted by molar-refractivity contribution is -0.142. The number of alkyl carbamates (subject to hydrolysis) is 1. The van der Waals surface area contributed by atoms with Gasteiger partial charge in [0.15, 0.2) is 0 Å². The molecule has 0 spiro atoms. The van der Waals surface area contributed by atoms with Gasteiger partial charge in [-0.25, -0.2) is 4.79 Å². The molecule has 2 atom stereocenters. The van der Waals surface area contributed by atoms with Crippen molar-refractivity contribution in [3.8, 4) is 5.75 Å². The molecule has 1 saturated heterocycles. The highest BCUT2D eigenvalue weighted by molar-refractivity contribution is 5.80. The number of rotatable bonds is 4. The van der Waals surface area contributed by atoms with Gasteiger partial charge in [-0.15, -0.1) is 0 Å². The lowest BCUT2D eigenvalue weighted by atomic mass is 9.95. The summed E-state index contributed by atoms with van der Waals surface area (Å²) in [6.07, 6.45) is -0.329. The molecule has 0 bridgehead atoms. The predicted molar refractivity (Wildman–Crippen MR) is 84.5 cm³/mol. The molecule has 0 unspecified atom stereocenters. The lowest BCUT2D eigenvalue weighted by Gasteiger charge is -2.20. The third-order valence-corrected chi connectivity index (χ3v) is 3.46. The Labute approximate surface area is 136 Å². The van der Waals surface area contributed by atoms with Crippen LogP contribution in [0.1, 0.15) is 38.7 Å². The van der Waals surface area contributed by atoms with E-state index >= 15 is 0 Å². The molecule has 0 aromatic heterocycles. The summed E-state index contributed by atoms with van der Waals surface area (Å²) in [4.78, 5) is 23.6. The number of hydrogen-bond acceptors (Lipinski definition) is 5. The smallest absolute Gasteiger partial charge is 0.407 e. The fourth-order valence-electron chi connectivity index (χ4n) is 2.40. The number of cyclic esters (lactones) is 1. The number of carbonyl (C=O) groups excluding carboxylic acids is 2. The molecule has 1 N–H and O–H groups in total. The Balaban J connectivity index is 1.88. The number of carbonyl (C=O) groups is 2. The van der Waals surface area contributed by atoms with Crippen molar-refractivity contribution >= 4 is 12.1 Å². The molecule has 23 heavy (non-hydrogen) atoms. The van der Waals surface area contributed by atoms with E-state index in [1.165, 1.54) is 0 Å². The molecule has 1 aromatic carbocycles. The van der Waals surface area contributed by atoms with Crippen molar-refractivity contribution in [3.05, 3.63) is 29.8 Å². The Morgan fingerprint density at radius 2 is 1.96 bits per heavy atom. The van der Waals surface area contributed by atoms with Crippen LogP contribution in [-0.2, 0) is 14.3 Å². The molecule has 0 aliphatic carbocycles. The fourth-order valence-corrected chi connectivity index (χ4v) is 2.40. The van der Waals surface area contributed by atoms with Crippen LogP contribution in [0, 0.1) is 0 Å². The molecule has 1 heterocycles. The maximum absolute atomic E-state index is 12.0. The first-order chi connectivity index (χ1) is 10.8. The second-order valence-corrected chi connectivity index (χ2v) is 6.50. The van der Waals surface area contributed by atoms with Crippen LogP contribution in [0.25, 0.3) is 0 Å². The van der Waals surface area contributed by atoms with E-state index in [1.54, 1.807) is 27.9 Å². The molecule has 1 amide bonds. The standard InChI is InChI=1S/C17H23NO5/c1-17(2,3)23-16(20)18-10-13-9-14(15(19)22-13)11-5-7-12(21-4)8-6-11/h5-8,13-14H,9-10H2,1-4H3,(H,18,20)/t13-,14+/m0/s1. The third-order valence-electron chi connectivity index (χ3n) is 3.46. The molecule has 6 nitrogen and oxygen atoms in total. The summed E-state index contributed by atoms with van der Waals surface area (Å²) in [5.41, 5.74) is 0.331. The van der Waals surface area contributed by atoms with Gasteiger partial charge in [-0.3, -0.25) is 4.79 Å². The van der Waals surface area contributed by atoms with Gasteiger partial charge in [0.1, 0.15) is 17.5 Å². The fraction of sp³-hybridized carbons (Fsp3) is 0.529. The van der Waals surface area contributed by atoms with Crippen LogP contribution < -0.4 is 10.1 Å². The summed E-state index contributed by atoms with van der Waals surface area (Å²) >= 11 is 0. The average Bonchev–Trinajstić information content (AvgIpc) is 2.85. The van der Waals surface area contributed by atoms with Crippen LogP contribution in [0.4, 0.5) is 4.79 Å². The molecule has 0 saturated carbocycles. The van der Waals surface area contributed by atoms with Crippen molar-refractivity contribution in [2.45, 2.75) is 44.8 Å². The topological polar surface area (TPSA) is 73.9 Å². The van der Waals surface area contributed by atoms with Crippen LogP contribution in [0.2, 0.25) is 0 Å². The lowest BCUT2D eigenvalue weighted by Crippen LogP contribution is -2.36. The van der Waals surface area contributed by atoms with Crippen molar-refractivity contribution in [2.75, 3.05) is 13.7 Å². The van der Waals surface area contributed by atoms with E-state index in [0.29, 0.717) is 6.42 Å². The summed E-state index contributed by atoms with van der Waals surface area (Å²) in [5.74, 6) is 0.153. The summed E-state index contributed by atoms with van der Waals surface area (Å²) in [7, 11) is 1.59. The highest BCUT2D eigenvalue weighted by atomic mass is 16.6. The van der Waals surface area contributed by atoms with Gasteiger partial charge in [-0.05, 0) is 38.5 Å². The number of benzene rings is 1. The Morgan fingerprint density at radius 1 is 1.30 bits per heavy atom. The van der Waals surface area contributed by atoms with Crippen LogP contribution in [-0.4, -0.2) is 37.4 Å². The zero-order chi connectivity index (χ0) is 17.0. The number of ether oxygens (including phenoxy) is 3. The van der Waals surface area contributed by atoms with Gasteiger partial charge in [0, 0.05) is 6.42 Å². The van der Waals surface area contributed by atoms with E-state index in [-0.39, 0.29) is 24.5 Å². The Hall–Kier alpha value is -2.24. The predicted octanol–water partition coefficient (Wildman–Crippen LogP) is 2.62. The molecule has 2 rings (SSSR count). The van der Waals surface area contributed by atoms with Crippen molar-refractivity contribution < 1.29 is 23.8 Å². The normalized spacial score (nSPS) is 20.8. The maximum atomic E-state index is 12.0. The summed E-state index contributed by atoms with van der Waals surface area (Å²) in [6.45, 7) is 5.62. The maximum Gasteiger partial charge on any atom is 0.407 e. The molecule has 1 aliphatic rings. The Morgan fingerprint density at radius 3 is 2.52 bits per heavy atom.